The van der Waals surface area contributed by atoms with E-state index in [0.29, 0.717) is 34.5 Å². The van der Waals surface area contributed by atoms with Gasteiger partial charge in [-0.05, 0) is 24.3 Å². The maximum atomic E-state index is 13.8. The monoisotopic (exact) mass is 414 g/mol. The van der Waals surface area contributed by atoms with E-state index in [1.54, 1.807) is 50.6 Å². The van der Waals surface area contributed by atoms with E-state index in [4.69, 9.17) is 18.4 Å². The van der Waals surface area contributed by atoms with Gasteiger partial charge in [0.25, 0.3) is 11.1 Å². The van der Waals surface area contributed by atoms with Crippen LogP contribution in [0.5, 0.6) is 11.5 Å². The molecule has 0 amide bonds. The van der Waals surface area contributed by atoms with Crippen molar-refractivity contribution in [2.75, 3.05) is 14.2 Å². The predicted molar refractivity (Wildman–Crippen MR) is 102 cm³/mol. The Bertz CT molecular complexity index is 1130. The zero-order chi connectivity index (χ0) is 20.2. The van der Waals surface area contributed by atoms with Crippen molar-refractivity contribution in [2.24, 2.45) is 0 Å². The van der Waals surface area contributed by atoms with Gasteiger partial charge in [0.1, 0.15) is 17.3 Å². The van der Waals surface area contributed by atoms with Gasteiger partial charge < -0.3 is 18.4 Å². The molecule has 2 heterocycles. The Morgan fingerprint density at radius 2 is 1.90 bits per heavy atom. The molecular formula is C19H15FN4O4S. The van der Waals surface area contributed by atoms with Gasteiger partial charge in [0.15, 0.2) is 0 Å². The van der Waals surface area contributed by atoms with Crippen LogP contribution < -0.4 is 9.47 Å². The van der Waals surface area contributed by atoms with Gasteiger partial charge in [0.2, 0.25) is 11.7 Å². The average Bonchev–Trinajstić information content (AvgIpc) is 3.41. The topological polar surface area (TPSA) is 96.3 Å². The SMILES string of the molecule is COc1ccc(-c2noc(CSc3nnc(-c4ccccc4F)o3)n2)c(OC)c1. The molecule has 0 fully saturated rings. The first-order valence-electron chi connectivity index (χ1n) is 8.44. The average molecular weight is 414 g/mol. The van der Waals surface area contributed by atoms with Crippen molar-refractivity contribution in [3.8, 4) is 34.3 Å². The molecule has 0 aliphatic rings. The third-order valence-electron chi connectivity index (χ3n) is 3.95. The minimum Gasteiger partial charge on any atom is -0.497 e. The quantitative estimate of drug-likeness (QED) is 0.411. The van der Waals surface area contributed by atoms with Crippen LogP contribution in [0.1, 0.15) is 5.89 Å². The summed E-state index contributed by atoms with van der Waals surface area (Å²) in [7, 11) is 3.13. The Morgan fingerprint density at radius 1 is 1.03 bits per heavy atom. The second kappa shape index (κ2) is 8.31. The highest BCUT2D eigenvalue weighted by Crippen LogP contribution is 2.32. The van der Waals surface area contributed by atoms with Crippen LogP contribution in [-0.4, -0.2) is 34.6 Å². The normalized spacial score (nSPS) is 10.9. The Balaban J connectivity index is 1.46. The molecule has 4 rings (SSSR count). The number of benzene rings is 2. The Hall–Kier alpha value is -3.40. The lowest BCUT2D eigenvalue weighted by atomic mass is 10.2. The molecule has 8 nitrogen and oxygen atoms in total. The molecule has 4 aromatic rings. The van der Waals surface area contributed by atoms with Crippen LogP contribution in [0.15, 0.2) is 56.6 Å². The van der Waals surface area contributed by atoms with Crippen molar-refractivity contribution in [1.82, 2.24) is 20.3 Å². The summed E-state index contributed by atoms with van der Waals surface area (Å²) in [5, 5.41) is 12.1. The van der Waals surface area contributed by atoms with Gasteiger partial charge in [-0.2, -0.15) is 4.98 Å². The van der Waals surface area contributed by atoms with Crippen LogP contribution in [0.2, 0.25) is 0 Å². The molecule has 0 unspecified atom stereocenters. The predicted octanol–water partition coefficient (Wildman–Crippen LogP) is 4.24. The van der Waals surface area contributed by atoms with Crippen molar-refractivity contribution >= 4 is 11.8 Å². The molecule has 0 aliphatic heterocycles. The van der Waals surface area contributed by atoms with E-state index in [1.807, 2.05) is 0 Å². The minimum absolute atomic E-state index is 0.111. The van der Waals surface area contributed by atoms with Crippen LogP contribution in [0.3, 0.4) is 0 Å². The van der Waals surface area contributed by atoms with E-state index < -0.39 is 5.82 Å². The summed E-state index contributed by atoms with van der Waals surface area (Å²) < 4.78 is 35.2. The van der Waals surface area contributed by atoms with Gasteiger partial charge >= 0.3 is 0 Å². The molecule has 2 aromatic carbocycles. The first-order chi connectivity index (χ1) is 14.2. The zero-order valence-electron chi connectivity index (χ0n) is 15.5. The zero-order valence-corrected chi connectivity index (χ0v) is 16.3. The molecule has 2 aromatic heterocycles. The van der Waals surface area contributed by atoms with E-state index in [0.717, 1.165) is 0 Å². The number of hydrogen-bond acceptors (Lipinski definition) is 9. The first kappa shape index (κ1) is 18.9. The van der Waals surface area contributed by atoms with Crippen molar-refractivity contribution in [3.63, 3.8) is 0 Å². The van der Waals surface area contributed by atoms with Gasteiger partial charge in [-0.15, -0.1) is 10.2 Å². The lowest BCUT2D eigenvalue weighted by molar-refractivity contribution is 0.387. The minimum atomic E-state index is -0.428. The molecule has 0 aliphatic carbocycles. The van der Waals surface area contributed by atoms with Crippen LogP contribution in [-0.2, 0) is 5.75 Å². The lowest BCUT2D eigenvalue weighted by Gasteiger charge is -2.07. The Labute approximate surface area is 169 Å². The van der Waals surface area contributed by atoms with E-state index in [9.17, 15) is 4.39 Å². The molecule has 0 bridgehead atoms. The van der Waals surface area contributed by atoms with Crippen LogP contribution in [0.25, 0.3) is 22.8 Å². The van der Waals surface area contributed by atoms with Crippen molar-refractivity contribution < 1.29 is 22.8 Å². The Kier molecular flexibility index (Phi) is 5.43. The summed E-state index contributed by atoms with van der Waals surface area (Å²) in [6, 6.07) is 11.5. The lowest BCUT2D eigenvalue weighted by Crippen LogP contribution is -1.91. The fourth-order valence-corrected chi connectivity index (χ4v) is 3.14. The highest BCUT2D eigenvalue weighted by molar-refractivity contribution is 7.98. The molecule has 0 atom stereocenters. The summed E-state index contributed by atoms with van der Waals surface area (Å²) in [6.45, 7) is 0. The molecule has 0 saturated carbocycles. The molecule has 0 saturated heterocycles. The second-order valence-corrected chi connectivity index (χ2v) is 6.65. The van der Waals surface area contributed by atoms with Crippen LogP contribution in [0, 0.1) is 5.82 Å². The van der Waals surface area contributed by atoms with Gasteiger partial charge in [0.05, 0.1) is 31.1 Å². The number of rotatable bonds is 7. The van der Waals surface area contributed by atoms with Gasteiger partial charge in [-0.25, -0.2) is 4.39 Å². The number of aromatic nitrogens is 4. The maximum absolute atomic E-state index is 13.8. The fraction of sp³-hybridized carbons (Fsp3) is 0.158. The van der Waals surface area contributed by atoms with Gasteiger partial charge in [0, 0.05) is 6.07 Å². The first-order valence-corrected chi connectivity index (χ1v) is 9.42. The highest BCUT2D eigenvalue weighted by Gasteiger charge is 2.17. The summed E-state index contributed by atoms with van der Waals surface area (Å²) in [6.07, 6.45) is 0. The van der Waals surface area contributed by atoms with Gasteiger partial charge in [-0.3, -0.25) is 0 Å². The maximum Gasteiger partial charge on any atom is 0.277 e. The smallest absolute Gasteiger partial charge is 0.277 e. The highest BCUT2D eigenvalue weighted by atomic mass is 32.2. The van der Waals surface area contributed by atoms with Crippen molar-refractivity contribution in [1.29, 1.82) is 0 Å². The molecule has 29 heavy (non-hydrogen) atoms. The van der Waals surface area contributed by atoms with Gasteiger partial charge in [-0.1, -0.05) is 29.1 Å². The number of ether oxygens (including phenoxy) is 2. The standard InChI is InChI=1S/C19H15FN4O4S/c1-25-11-7-8-13(15(9-11)26-2)17-21-16(28-24-17)10-29-19-23-22-18(27-19)12-5-3-4-6-14(12)20/h3-9H,10H2,1-2H3. The molecule has 148 valence electrons. The third-order valence-corrected chi connectivity index (χ3v) is 4.75. The van der Waals surface area contributed by atoms with Crippen molar-refractivity contribution in [2.45, 2.75) is 11.0 Å². The van der Waals surface area contributed by atoms with E-state index in [-0.39, 0.29) is 16.7 Å². The number of nitrogens with zero attached hydrogens (tertiary/aromatic N) is 4. The summed E-state index contributed by atoms with van der Waals surface area (Å²) >= 11 is 1.21. The number of hydrogen-bond donors (Lipinski definition) is 0. The Morgan fingerprint density at radius 3 is 2.69 bits per heavy atom. The number of halogens is 1. The molecule has 0 radical (unpaired) electrons. The second-order valence-electron chi connectivity index (χ2n) is 5.72. The van der Waals surface area contributed by atoms with Crippen LogP contribution in [0.4, 0.5) is 4.39 Å². The summed E-state index contributed by atoms with van der Waals surface area (Å²) in [5.74, 6) is 1.97. The summed E-state index contributed by atoms with van der Waals surface area (Å²) in [4.78, 5) is 4.37. The fourth-order valence-electron chi connectivity index (χ4n) is 2.54. The van der Waals surface area contributed by atoms with Crippen molar-refractivity contribution in [3.05, 3.63) is 54.2 Å². The van der Waals surface area contributed by atoms with E-state index in [2.05, 4.69) is 20.3 Å². The molecule has 10 heteroatoms. The number of methoxy groups -OCH3 is 2. The largest absolute Gasteiger partial charge is 0.497 e. The molecule has 0 spiro atoms. The summed E-state index contributed by atoms with van der Waals surface area (Å²) in [5.41, 5.74) is 0.923. The third kappa shape index (κ3) is 4.06. The molecular weight excluding hydrogens is 399 g/mol. The van der Waals surface area contributed by atoms with E-state index >= 15 is 0 Å². The van der Waals surface area contributed by atoms with E-state index in [1.165, 1.54) is 17.8 Å². The molecule has 0 N–H and O–H groups in total. The van der Waals surface area contributed by atoms with Crippen LogP contribution >= 0.6 is 11.8 Å². The number of thioether (sulfide) groups is 1.